The molecular formula is C16H15NO. The van der Waals surface area contributed by atoms with E-state index in [2.05, 4.69) is 6.08 Å². The van der Waals surface area contributed by atoms with E-state index in [1.165, 1.54) is 16.7 Å². The number of aryl methyl sites for hydroxylation is 1. The topological polar surface area (TPSA) is 46.2 Å². The van der Waals surface area contributed by atoms with Gasteiger partial charge in [0.2, 0.25) is 0 Å². The Bertz CT molecular complexity index is 639. The molecule has 1 aliphatic carbocycles. The molecular weight excluding hydrogens is 222 g/mol. The van der Waals surface area contributed by atoms with E-state index >= 15 is 0 Å². The summed E-state index contributed by atoms with van der Waals surface area (Å²) in [7, 11) is 0. The molecule has 2 aromatic carbocycles. The minimum atomic E-state index is 0.334. The average Bonchev–Trinajstić information content (AvgIpc) is 2.74. The zero-order chi connectivity index (χ0) is 12.7. The Hall–Kier alpha value is -2.22. The molecule has 0 saturated carbocycles. The summed E-state index contributed by atoms with van der Waals surface area (Å²) in [6, 6.07) is 11.6. The highest BCUT2D eigenvalue weighted by Gasteiger charge is 2.16. The van der Waals surface area contributed by atoms with E-state index in [0.29, 0.717) is 5.75 Å². The zero-order valence-electron chi connectivity index (χ0n) is 10.3. The Morgan fingerprint density at radius 1 is 1.11 bits per heavy atom. The van der Waals surface area contributed by atoms with Gasteiger partial charge in [-0.1, -0.05) is 18.2 Å². The van der Waals surface area contributed by atoms with Crippen LogP contribution in [0.5, 0.6) is 5.75 Å². The van der Waals surface area contributed by atoms with Crippen LogP contribution in [0.2, 0.25) is 0 Å². The normalized spacial score (nSPS) is 13.3. The van der Waals surface area contributed by atoms with Crippen molar-refractivity contribution in [2.45, 2.75) is 13.3 Å². The summed E-state index contributed by atoms with van der Waals surface area (Å²) in [5.74, 6) is 0.334. The van der Waals surface area contributed by atoms with Crippen molar-refractivity contribution in [2.24, 2.45) is 0 Å². The second-order valence-electron chi connectivity index (χ2n) is 4.80. The summed E-state index contributed by atoms with van der Waals surface area (Å²) in [6.07, 6.45) is 3.07. The van der Waals surface area contributed by atoms with Gasteiger partial charge in [-0.3, -0.25) is 0 Å². The van der Waals surface area contributed by atoms with Crippen molar-refractivity contribution in [1.82, 2.24) is 0 Å². The molecule has 3 rings (SSSR count). The van der Waals surface area contributed by atoms with Crippen LogP contribution < -0.4 is 5.73 Å². The zero-order valence-corrected chi connectivity index (χ0v) is 10.3. The molecule has 3 N–H and O–H groups in total. The molecule has 1 aliphatic rings. The van der Waals surface area contributed by atoms with E-state index < -0.39 is 0 Å². The van der Waals surface area contributed by atoms with Crippen LogP contribution in [0.15, 0.2) is 36.4 Å². The molecule has 0 saturated heterocycles. The minimum absolute atomic E-state index is 0.334. The van der Waals surface area contributed by atoms with Crippen LogP contribution in [0.4, 0.5) is 5.69 Å². The molecule has 0 spiro atoms. The van der Waals surface area contributed by atoms with E-state index in [1.807, 2.05) is 43.3 Å². The smallest absolute Gasteiger partial charge is 0.116 e. The molecule has 90 valence electrons. The predicted molar refractivity (Wildman–Crippen MR) is 75.3 cm³/mol. The number of aromatic hydroxyl groups is 1. The standard InChI is InChI=1S/C16H15NO/c1-10-6-15(18)8-13-7-12(9-16(10)13)11-2-4-14(17)5-3-11/h2-8,18H,9,17H2,1H3. The van der Waals surface area contributed by atoms with Gasteiger partial charge < -0.3 is 10.8 Å². The number of phenols is 1. The molecule has 0 bridgehead atoms. The van der Waals surface area contributed by atoms with E-state index in [9.17, 15) is 5.11 Å². The van der Waals surface area contributed by atoms with Crippen LogP contribution in [-0.2, 0) is 6.42 Å². The molecule has 2 aromatic rings. The molecule has 0 unspecified atom stereocenters. The van der Waals surface area contributed by atoms with E-state index in [0.717, 1.165) is 23.2 Å². The number of benzene rings is 2. The van der Waals surface area contributed by atoms with Gasteiger partial charge in [0.15, 0.2) is 0 Å². The Balaban J connectivity index is 2.02. The molecule has 0 amide bonds. The number of hydrogen-bond acceptors (Lipinski definition) is 2. The first-order valence-electron chi connectivity index (χ1n) is 6.02. The largest absolute Gasteiger partial charge is 0.508 e. The van der Waals surface area contributed by atoms with Gasteiger partial charge in [0.25, 0.3) is 0 Å². The lowest BCUT2D eigenvalue weighted by Gasteiger charge is -2.05. The fourth-order valence-electron chi connectivity index (χ4n) is 2.51. The SMILES string of the molecule is Cc1cc(O)cc2c1CC(c1ccc(N)cc1)=C2. The molecule has 2 heteroatoms. The quantitative estimate of drug-likeness (QED) is 0.747. The Morgan fingerprint density at radius 2 is 1.83 bits per heavy atom. The molecule has 18 heavy (non-hydrogen) atoms. The molecule has 2 nitrogen and oxygen atoms in total. The number of anilines is 1. The summed E-state index contributed by atoms with van der Waals surface area (Å²) < 4.78 is 0. The van der Waals surface area contributed by atoms with Crippen molar-refractivity contribution < 1.29 is 5.11 Å². The summed E-state index contributed by atoms with van der Waals surface area (Å²) in [5.41, 5.74) is 12.5. The Labute approximate surface area is 106 Å². The number of fused-ring (bicyclic) bond motifs is 1. The number of nitrogens with two attached hydrogens (primary N) is 1. The Morgan fingerprint density at radius 3 is 2.56 bits per heavy atom. The van der Waals surface area contributed by atoms with Crippen molar-refractivity contribution >= 4 is 17.3 Å². The third kappa shape index (κ3) is 1.76. The summed E-state index contributed by atoms with van der Waals surface area (Å²) in [4.78, 5) is 0. The van der Waals surface area contributed by atoms with Gasteiger partial charge in [-0.2, -0.15) is 0 Å². The molecule has 0 heterocycles. The second kappa shape index (κ2) is 3.91. The number of phenolic OH excluding ortho intramolecular Hbond substituents is 1. The average molecular weight is 237 g/mol. The minimum Gasteiger partial charge on any atom is -0.508 e. The van der Waals surface area contributed by atoms with Gasteiger partial charge in [0.05, 0.1) is 0 Å². The maximum absolute atomic E-state index is 9.62. The predicted octanol–water partition coefficient (Wildman–Crippen LogP) is 3.38. The molecule has 0 aromatic heterocycles. The first-order chi connectivity index (χ1) is 8.63. The van der Waals surface area contributed by atoms with Crippen LogP contribution in [0.25, 0.3) is 11.6 Å². The number of rotatable bonds is 1. The number of nitrogen functional groups attached to an aromatic ring is 1. The van der Waals surface area contributed by atoms with E-state index in [4.69, 9.17) is 5.73 Å². The van der Waals surface area contributed by atoms with Crippen LogP contribution >= 0.6 is 0 Å². The molecule has 0 atom stereocenters. The van der Waals surface area contributed by atoms with E-state index in [1.54, 1.807) is 0 Å². The maximum Gasteiger partial charge on any atom is 0.116 e. The van der Waals surface area contributed by atoms with Crippen molar-refractivity contribution in [3.63, 3.8) is 0 Å². The second-order valence-corrected chi connectivity index (χ2v) is 4.80. The third-order valence-corrected chi connectivity index (χ3v) is 3.47. The fourth-order valence-corrected chi connectivity index (χ4v) is 2.51. The highest BCUT2D eigenvalue weighted by Crippen LogP contribution is 2.35. The first-order valence-corrected chi connectivity index (χ1v) is 6.02. The van der Waals surface area contributed by atoms with Crippen LogP contribution in [0.1, 0.15) is 22.3 Å². The van der Waals surface area contributed by atoms with E-state index in [-0.39, 0.29) is 0 Å². The van der Waals surface area contributed by atoms with Gasteiger partial charge >= 0.3 is 0 Å². The van der Waals surface area contributed by atoms with Gasteiger partial charge in [-0.25, -0.2) is 0 Å². The lowest BCUT2D eigenvalue weighted by Crippen LogP contribution is -1.90. The van der Waals surface area contributed by atoms with Gasteiger partial charge in [0, 0.05) is 5.69 Å². The van der Waals surface area contributed by atoms with Gasteiger partial charge in [0.1, 0.15) is 5.75 Å². The number of hydrogen-bond donors (Lipinski definition) is 2. The maximum atomic E-state index is 9.62. The lowest BCUT2D eigenvalue weighted by atomic mass is 10.0. The summed E-state index contributed by atoms with van der Waals surface area (Å²) >= 11 is 0. The molecule has 0 aliphatic heterocycles. The van der Waals surface area contributed by atoms with Crippen LogP contribution in [0, 0.1) is 6.92 Å². The Kier molecular flexibility index (Phi) is 2.37. The lowest BCUT2D eigenvalue weighted by molar-refractivity contribution is 0.474. The highest BCUT2D eigenvalue weighted by molar-refractivity contribution is 5.89. The fraction of sp³-hybridized carbons (Fsp3) is 0.125. The first kappa shape index (κ1) is 10.9. The monoisotopic (exact) mass is 237 g/mol. The third-order valence-electron chi connectivity index (χ3n) is 3.47. The van der Waals surface area contributed by atoms with Crippen molar-refractivity contribution in [3.05, 3.63) is 58.7 Å². The summed E-state index contributed by atoms with van der Waals surface area (Å²) in [5, 5.41) is 9.62. The van der Waals surface area contributed by atoms with Crippen molar-refractivity contribution in [3.8, 4) is 5.75 Å². The molecule has 0 fully saturated rings. The summed E-state index contributed by atoms with van der Waals surface area (Å²) in [6.45, 7) is 2.04. The van der Waals surface area contributed by atoms with Gasteiger partial charge in [-0.05, 0) is 65.4 Å². The van der Waals surface area contributed by atoms with Crippen LogP contribution in [0.3, 0.4) is 0 Å². The van der Waals surface area contributed by atoms with Gasteiger partial charge in [-0.15, -0.1) is 0 Å². The molecule has 0 radical (unpaired) electrons. The number of allylic oxidation sites excluding steroid dienone is 1. The highest BCUT2D eigenvalue weighted by atomic mass is 16.3. The van der Waals surface area contributed by atoms with Crippen LogP contribution in [-0.4, -0.2) is 5.11 Å². The van der Waals surface area contributed by atoms with Crippen molar-refractivity contribution in [2.75, 3.05) is 5.73 Å². The van der Waals surface area contributed by atoms with Crippen molar-refractivity contribution in [1.29, 1.82) is 0 Å².